The zero-order chi connectivity index (χ0) is 24.3. The number of carbonyl (C=O) groups excluding carboxylic acids is 1. The van der Waals surface area contributed by atoms with Gasteiger partial charge in [0, 0.05) is 18.0 Å². The molecule has 1 atom stereocenters. The minimum Gasteiger partial charge on any atom is -0.497 e. The minimum atomic E-state index is -3.72. The van der Waals surface area contributed by atoms with Gasteiger partial charge < -0.3 is 9.30 Å². The van der Waals surface area contributed by atoms with Crippen LogP contribution in [0.25, 0.3) is 10.2 Å². The number of benzene rings is 2. The lowest BCUT2D eigenvalue weighted by molar-refractivity contribution is -0.122. The quantitative estimate of drug-likeness (QED) is 0.370. The molecule has 0 saturated carbocycles. The van der Waals surface area contributed by atoms with Crippen LogP contribution in [0.3, 0.4) is 0 Å². The summed E-state index contributed by atoms with van der Waals surface area (Å²) in [5, 5.41) is 0. The summed E-state index contributed by atoms with van der Waals surface area (Å²) in [4.78, 5) is 19.4. The van der Waals surface area contributed by atoms with Crippen molar-refractivity contribution in [3.8, 4) is 18.1 Å². The van der Waals surface area contributed by atoms with E-state index in [9.17, 15) is 13.2 Å². The van der Waals surface area contributed by atoms with Gasteiger partial charge in [0.05, 0.1) is 34.7 Å². The third kappa shape index (κ3) is 4.93. The van der Waals surface area contributed by atoms with Gasteiger partial charge in [-0.1, -0.05) is 17.3 Å². The molecule has 1 aromatic heterocycles. The number of thiazole rings is 1. The third-order valence-electron chi connectivity index (χ3n) is 5.78. The topological polar surface area (TPSA) is 81.0 Å². The third-order valence-corrected chi connectivity index (χ3v) is 9.42. The average Bonchev–Trinajstić information content (AvgIpc) is 3.20. The number of nitrogens with zero attached hydrogens (tertiary/aromatic N) is 3. The Kier molecular flexibility index (Phi) is 7.48. The fraction of sp³-hybridized carbons (Fsp3) is 0.333. The van der Waals surface area contributed by atoms with Crippen LogP contribution in [0.15, 0.2) is 57.2 Å². The Bertz CT molecular complexity index is 1420. The second kappa shape index (κ2) is 10.4. The molecule has 178 valence electrons. The van der Waals surface area contributed by atoms with Gasteiger partial charge in [0.1, 0.15) is 5.75 Å². The molecule has 3 aromatic rings. The zero-order valence-corrected chi connectivity index (χ0v) is 21.4. The number of amides is 1. The average molecular weight is 516 g/mol. The van der Waals surface area contributed by atoms with Crippen molar-refractivity contribution < 1.29 is 17.9 Å². The van der Waals surface area contributed by atoms with Gasteiger partial charge in [0.15, 0.2) is 4.80 Å². The Morgan fingerprint density at radius 1 is 1.29 bits per heavy atom. The van der Waals surface area contributed by atoms with Crippen molar-refractivity contribution in [2.75, 3.05) is 26.5 Å². The lowest BCUT2D eigenvalue weighted by Crippen LogP contribution is -2.42. The van der Waals surface area contributed by atoms with Crippen molar-refractivity contribution in [3.63, 3.8) is 0 Å². The lowest BCUT2D eigenvalue weighted by Gasteiger charge is -2.30. The molecule has 2 aromatic carbocycles. The first-order chi connectivity index (χ1) is 16.4. The van der Waals surface area contributed by atoms with Crippen LogP contribution in [0.5, 0.6) is 5.75 Å². The number of rotatable bonds is 6. The normalized spacial score (nSPS) is 17.6. The molecule has 0 aliphatic carbocycles. The van der Waals surface area contributed by atoms with Gasteiger partial charge in [-0.05, 0) is 61.6 Å². The molecular weight excluding hydrogens is 490 g/mol. The Balaban J connectivity index is 1.61. The molecule has 1 aliphatic heterocycles. The van der Waals surface area contributed by atoms with Crippen LogP contribution in [-0.2, 0) is 21.4 Å². The molecule has 1 saturated heterocycles. The number of fused-ring (bicyclic) bond motifs is 1. The molecule has 7 nitrogen and oxygen atoms in total. The largest absolute Gasteiger partial charge is 0.497 e. The zero-order valence-electron chi connectivity index (χ0n) is 18.9. The number of hydrogen-bond acceptors (Lipinski definition) is 6. The van der Waals surface area contributed by atoms with Gasteiger partial charge >= 0.3 is 0 Å². The summed E-state index contributed by atoms with van der Waals surface area (Å²) >= 11 is 3.06. The van der Waals surface area contributed by atoms with Crippen molar-refractivity contribution in [1.82, 2.24) is 8.87 Å². The van der Waals surface area contributed by atoms with Crippen LogP contribution < -0.4 is 9.54 Å². The smallest absolute Gasteiger partial charge is 0.252 e. The molecule has 1 aliphatic rings. The molecule has 0 bridgehead atoms. The highest BCUT2D eigenvalue weighted by Gasteiger charge is 2.33. The minimum absolute atomic E-state index is 0.105. The van der Waals surface area contributed by atoms with E-state index in [2.05, 4.69) is 17.0 Å². The number of aromatic nitrogens is 1. The van der Waals surface area contributed by atoms with E-state index in [0.717, 1.165) is 15.1 Å². The SMILES string of the molecule is C#CCn1c(=NC(=O)C2CCCN(S(=O)(=O)c3ccc(OC)cc3)C2)sc2cc(SC)ccc21. The fourth-order valence-corrected chi connectivity index (χ4v) is 7.07. The maximum absolute atomic E-state index is 13.1. The second-order valence-corrected chi connectivity index (χ2v) is 11.7. The van der Waals surface area contributed by atoms with E-state index in [4.69, 9.17) is 11.2 Å². The van der Waals surface area contributed by atoms with E-state index >= 15 is 0 Å². The van der Waals surface area contributed by atoms with Crippen LogP contribution in [0.1, 0.15) is 12.8 Å². The van der Waals surface area contributed by atoms with E-state index in [1.54, 1.807) is 23.9 Å². The summed E-state index contributed by atoms with van der Waals surface area (Å²) in [6.07, 6.45) is 8.76. The molecule has 1 amide bonds. The summed E-state index contributed by atoms with van der Waals surface area (Å²) in [6.45, 7) is 0.774. The molecule has 4 rings (SSSR count). The van der Waals surface area contributed by atoms with E-state index in [1.807, 2.05) is 23.0 Å². The molecule has 0 spiro atoms. The van der Waals surface area contributed by atoms with Gasteiger partial charge in [0.2, 0.25) is 10.0 Å². The van der Waals surface area contributed by atoms with Gasteiger partial charge in [-0.3, -0.25) is 4.79 Å². The maximum atomic E-state index is 13.1. The van der Waals surface area contributed by atoms with Crippen molar-refractivity contribution in [1.29, 1.82) is 0 Å². The molecule has 0 N–H and O–H groups in total. The van der Waals surface area contributed by atoms with E-state index < -0.39 is 15.9 Å². The first-order valence-corrected chi connectivity index (χ1v) is 14.2. The summed E-state index contributed by atoms with van der Waals surface area (Å²) < 4.78 is 35.6. The summed E-state index contributed by atoms with van der Waals surface area (Å²) in [7, 11) is -2.19. The Labute approximate surface area is 207 Å². The fourth-order valence-electron chi connectivity index (χ4n) is 3.95. The maximum Gasteiger partial charge on any atom is 0.252 e. The van der Waals surface area contributed by atoms with Crippen LogP contribution in [0.2, 0.25) is 0 Å². The molecule has 34 heavy (non-hydrogen) atoms. The van der Waals surface area contributed by atoms with Gasteiger partial charge in [-0.2, -0.15) is 9.30 Å². The standard InChI is InChI=1S/C24H25N3O4S3/c1-4-13-27-21-12-9-19(32-3)15-22(21)33-24(27)25-23(28)17-6-5-14-26(16-17)34(29,30)20-10-7-18(31-2)8-11-20/h1,7-12,15,17H,5-6,13-14,16H2,2-3H3. The van der Waals surface area contributed by atoms with Crippen LogP contribution in [-0.4, -0.2) is 49.7 Å². The van der Waals surface area contributed by atoms with Gasteiger partial charge in [-0.25, -0.2) is 8.42 Å². The van der Waals surface area contributed by atoms with Crippen LogP contribution in [0, 0.1) is 18.3 Å². The lowest BCUT2D eigenvalue weighted by atomic mass is 9.99. The van der Waals surface area contributed by atoms with E-state index in [0.29, 0.717) is 36.5 Å². The molecule has 1 fully saturated rings. The Morgan fingerprint density at radius 3 is 2.74 bits per heavy atom. The predicted molar refractivity (Wildman–Crippen MR) is 135 cm³/mol. The molecule has 10 heteroatoms. The first kappa shape index (κ1) is 24.5. The van der Waals surface area contributed by atoms with Gasteiger partial charge in [-0.15, -0.1) is 18.2 Å². The summed E-state index contributed by atoms with van der Waals surface area (Å²) in [5.41, 5.74) is 0.930. The second-order valence-electron chi connectivity index (χ2n) is 7.84. The van der Waals surface area contributed by atoms with Gasteiger partial charge in [0.25, 0.3) is 5.91 Å². The molecule has 0 radical (unpaired) electrons. The van der Waals surface area contributed by atoms with Crippen LogP contribution >= 0.6 is 23.1 Å². The monoisotopic (exact) mass is 515 g/mol. The van der Waals surface area contributed by atoms with E-state index in [-0.39, 0.29) is 17.3 Å². The Hall–Kier alpha value is -2.58. The number of piperidine rings is 1. The number of methoxy groups -OCH3 is 1. The molecule has 1 unspecified atom stereocenters. The number of ether oxygens (including phenoxy) is 1. The summed E-state index contributed by atoms with van der Waals surface area (Å²) in [5.74, 6) is 2.39. The molecule has 2 heterocycles. The number of sulfonamides is 1. The highest BCUT2D eigenvalue weighted by Crippen LogP contribution is 2.27. The highest BCUT2D eigenvalue weighted by molar-refractivity contribution is 7.98. The number of terminal acetylenes is 1. The van der Waals surface area contributed by atoms with Crippen molar-refractivity contribution in [2.45, 2.75) is 29.2 Å². The summed E-state index contributed by atoms with van der Waals surface area (Å²) in [6, 6.07) is 12.3. The van der Waals surface area contributed by atoms with Crippen molar-refractivity contribution >= 4 is 49.2 Å². The number of hydrogen-bond donors (Lipinski definition) is 0. The molecular formula is C24H25N3O4S3. The highest BCUT2D eigenvalue weighted by atomic mass is 32.2. The number of thioether (sulfide) groups is 1. The van der Waals surface area contributed by atoms with Crippen LogP contribution in [0.4, 0.5) is 0 Å². The van der Waals surface area contributed by atoms with E-state index in [1.165, 1.54) is 34.9 Å². The first-order valence-electron chi connectivity index (χ1n) is 10.7. The predicted octanol–water partition coefficient (Wildman–Crippen LogP) is 3.59. The number of carbonyl (C=O) groups is 1. The van der Waals surface area contributed by atoms with Crippen molar-refractivity contribution in [2.24, 2.45) is 10.9 Å². The van der Waals surface area contributed by atoms with Crippen molar-refractivity contribution in [3.05, 3.63) is 47.3 Å². The Morgan fingerprint density at radius 2 is 2.06 bits per heavy atom.